The van der Waals surface area contributed by atoms with Crippen molar-refractivity contribution in [2.45, 2.75) is 290 Å². The Morgan fingerprint density at radius 1 is 0.436 bits per heavy atom. The lowest BCUT2D eigenvalue weighted by Gasteiger charge is -2.34. The summed E-state index contributed by atoms with van der Waals surface area (Å²) in [5.74, 6) is 0.409. The zero-order valence-electron chi connectivity index (χ0n) is 38.5. The molecule has 0 aliphatic heterocycles. The van der Waals surface area contributed by atoms with Crippen LogP contribution in [-0.4, -0.2) is 5.11 Å². The lowest BCUT2D eigenvalue weighted by molar-refractivity contribution is 0.0553. The summed E-state index contributed by atoms with van der Waals surface area (Å²) >= 11 is 0. The first-order valence-electron chi connectivity index (χ1n) is 24.4. The van der Waals surface area contributed by atoms with Crippen LogP contribution < -0.4 is 0 Å². The fourth-order valence-corrected chi connectivity index (χ4v) is 9.09. The van der Waals surface area contributed by atoms with E-state index in [0.29, 0.717) is 5.75 Å². The van der Waals surface area contributed by atoms with E-state index in [-0.39, 0.29) is 10.8 Å². The number of benzene rings is 1. The number of hydrogen-bond donors (Lipinski definition) is 1. The molecule has 0 heterocycles. The molecule has 3 nitrogen and oxygen atoms in total. The molecule has 1 atom stereocenters. The van der Waals surface area contributed by atoms with E-state index in [1.54, 1.807) is 0 Å². The van der Waals surface area contributed by atoms with Crippen LogP contribution in [0, 0.1) is 0 Å². The Kier molecular flexibility index (Phi) is 30.3. The van der Waals surface area contributed by atoms with Crippen LogP contribution in [-0.2, 0) is 25.5 Å². The number of unbranched alkanes of at least 4 members (excludes halogenated alkanes) is 30. The lowest BCUT2D eigenvalue weighted by Crippen LogP contribution is -2.29. The van der Waals surface area contributed by atoms with Crippen molar-refractivity contribution in [2.24, 2.45) is 0 Å². The molecule has 0 bridgehead atoms. The highest BCUT2D eigenvalue weighted by Gasteiger charge is 2.40. The van der Waals surface area contributed by atoms with Gasteiger partial charge in [-0.2, -0.15) is 0 Å². The fourth-order valence-electron chi connectivity index (χ4n) is 8.61. The molecule has 0 aliphatic carbocycles. The molecule has 4 heteroatoms. The van der Waals surface area contributed by atoms with E-state index in [4.69, 9.17) is 4.52 Å². The maximum atomic E-state index is 12.4. The monoisotopic (exact) mass is 788 g/mol. The Bertz CT molecular complexity index is 980. The minimum absolute atomic E-state index is 0.214. The summed E-state index contributed by atoms with van der Waals surface area (Å²) in [6.07, 6.45) is 45.2. The van der Waals surface area contributed by atoms with E-state index < -0.39 is 14.3 Å². The van der Waals surface area contributed by atoms with Crippen molar-refractivity contribution in [3.63, 3.8) is 0 Å². The molecule has 55 heavy (non-hydrogen) atoms. The fraction of sp³-hybridized carbons (Fsp3) is 0.882. The van der Waals surface area contributed by atoms with Gasteiger partial charge in [-0.1, -0.05) is 261 Å². The second kappa shape index (κ2) is 32.0. The Labute approximate surface area is 346 Å². The number of rotatable bonds is 37. The third-order valence-corrected chi connectivity index (χ3v) is 12.8. The maximum absolute atomic E-state index is 12.4. The molecule has 0 saturated carbocycles. The highest BCUT2D eigenvalue weighted by Crippen LogP contribution is 2.46. The highest BCUT2D eigenvalue weighted by atomic mass is 31.1. The topological polar surface area (TPSA) is 46.5 Å². The van der Waals surface area contributed by atoms with Crippen LogP contribution in [0.25, 0.3) is 0 Å². The van der Waals surface area contributed by atoms with Crippen molar-refractivity contribution in [1.29, 1.82) is 0 Å². The van der Waals surface area contributed by atoms with Crippen LogP contribution in [0.5, 0.6) is 5.75 Å². The number of aromatic hydroxyl groups is 1. The smallest absolute Gasteiger partial charge is 0.495 e. The first kappa shape index (κ1) is 52.1. The second-order valence-corrected chi connectivity index (χ2v) is 20.1. The van der Waals surface area contributed by atoms with Crippen molar-refractivity contribution in [3.8, 4) is 5.75 Å². The first-order chi connectivity index (χ1) is 26.4. The quantitative estimate of drug-likeness (QED) is 0.0540. The van der Waals surface area contributed by atoms with E-state index in [1.807, 2.05) is 0 Å². The van der Waals surface area contributed by atoms with Gasteiger partial charge in [-0.15, -0.1) is 4.52 Å². The van der Waals surface area contributed by atoms with Crippen LogP contribution in [0.3, 0.4) is 0 Å². The third-order valence-electron chi connectivity index (χ3n) is 12.4. The molecule has 0 radical (unpaired) electrons. The summed E-state index contributed by atoms with van der Waals surface area (Å²) in [6.45, 7) is 17.7. The van der Waals surface area contributed by atoms with Gasteiger partial charge in [0.1, 0.15) is 11.4 Å². The summed E-state index contributed by atoms with van der Waals surface area (Å²) in [5.41, 5.74) is 2.04. The molecule has 1 aromatic carbocycles. The van der Waals surface area contributed by atoms with Crippen LogP contribution in [0.4, 0.5) is 0 Å². The van der Waals surface area contributed by atoms with E-state index in [9.17, 15) is 9.67 Å². The largest absolute Gasteiger partial charge is 0.507 e. The molecule has 0 saturated heterocycles. The average Bonchev–Trinajstić information content (AvgIpc) is 3.13. The zero-order valence-corrected chi connectivity index (χ0v) is 39.5. The van der Waals surface area contributed by atoms with Crippen LogP contribution >= 0.6 is 8.69 Å². The van der Waals surface area contributed by atoms with Crippen LogP contribution in [0.2, 0.25) is 0 Å². The van der Waals surface area contributed by atoms with Crippen molar-refractivity contribution in [3.05, 3.63) is 28.8 Å². The first-order valence-corrected chi connectivity index (χ1v) is 25.2. The van der Waals surface area contributed by atoms with E-state index in [0.717, 1.165) is 42.4 Å². The molecule has 1 rings (SSSR count). The molecule has 0 spiro atoms. The summed E-state index contributed by atoms with van der Waals surface area (Å²) in [7, 11) is -0.792. The van der Waals surface area contributed by atoms with Gasteiger partial charge >= 0.3 is 8.69 Å². The molecular weight excluding hydrogens is 692 g/mol. The van der Waals surface area contributed by atoms with Crippen molar-refractivity contribution >= 4 is 8.69 Å². The molecular formula is C51H96O3P+. The highest BCUT2D eigenvalue weighted by molar-refractivity contribution is 7.17. The van der Waals surface area contributed by atoms with E-state index in [2.05, 4.69) is 67.5 Å². The summed E-state index contributed by atoms with van der Waals surface area (Å²) < 4.78 is 18.9. The Morgan fingerprint density at radius 2 is 0.673 bits per heavy atom. The van der Waals surface area contributed by atoms with Gasteiger partial charge in [0.25, 0.3) is 0 Å². The number of phenolic OH excluding ortho intramolecular Hbond substituents is 1. The van der Waals surface area contributed by atoms with E-state index >= 15 is 0 Å². The standard InChI is InChI=1S/C51H95O3P/c1-9-11-13-15-17-19-21-23-25-27-29-31-33-35-37-39-41-51(54-55-53,45-43-46(49(3,4)5)48(52)47(44-45)50(6,7)8)42-40-38-36-34-32-30-28-26-24-22-20-18-16-14-12-10-2/h43-44,55H,9-42H2,1-8H3/p+1. The minimum Gasteiger partial charge on any atom is -0.507 e. The predicted octanol–water partition coefficient (Wildman–Crippen LogP) is 18.4. The van der Waals surface area contributed by atoms with Gasteiger partial charge in [0.05, 0.1) is 0 Å². The Balaban J connectivity index is 2.69. The molecule has 0 amide bonds. The molecule has 1 aromatic rings. The second-order valence-electron chi connectivity index (χ2n) is 19.7. The maximum Gasteiger partial charge on any atom is 0.495 e. The molecule has 322 valence electrons. The SMILES string of the molecule is CCCCCCCCCCCCCCCCCCC(CCCCCCCCCCCCCCCCCC)(O[PH+]=O)c1cc(C(C)(C)C)c(O)c(C(C)(C)C)c1. The number of hydrogen-bond acceptors (Lipinski definition) is 3. The third kappa shape index (κ3) is 24.6. The van der Waals surface area contributed by atoms with Crippen LogP contribution in [0.15, 0.2) is 12.1 Å². The normalized spacial score (nSPS) is 12.7. The van der Waals surface area contributed by atoms with Gasteiger partial charge in [0, 0.05) is 0 Å². The van der Waals surface area contributed by atoms with Crippen molar-refractivity contribution < 1.29 is 14.2 Å². The molecule has 1 N–H and O–H groups in total. The number of phenols is 1. The van der Waals surface area contributed by atoms with Gasteiger partial charge in [0.15, 0.2) is 0 Å². The predicted molar refractivity (Wildman–Crippen MR) is 246 cm³/mol. The van der Waals surface area contributed by atoms with Gasteiger partial charge in [-0.05, 0) is 57.1 Å². The summed E-state index contributed by atoms with van der Waals surface area (Å²) in [5, 5.41) is 11.5. The van der Waals surface area contributed by atoms with Gasteiger partial charge in [-0.3, -0.25) is 0 Å². The summed E-state index contributed by atoms with van der Waals surface area (Å²) in [4.78, 5) is 0. The molecule has 0 aromatic heterocycles. The molecule has 0 aliphatic rings. The Hall–Kier alpha value is -0.920. The summed E-state index contributed by atoms with van der Waals surface area (Å²) in [6, 6.07) is 4.40. The Morgan fingerprint density at radius 3 is 0.891 bits per heavy atom. The molecule has 0 fully saturated rings. The van der Waals surface area contributed by atoms with Crippen molar-refractivity contribution in [1.82, 2.24) is 0 Å². The molecule has 1 unspecified atom stereocenters. The lowest BCUT2D eigenvalue weighted by atomic mass is 9.74. The minimum atomic E-state index is -0.792. The van der Waals surface area contributed by atoms with Crippen molar-refractivity contribution in [2.75, 3.05) is 0 Å². The zero-order chi connectivity index (χ0) is 40.7. The van der Waals surface area contributed by atoms with Gasteiger partial charge < -0.3 is 5.11 Å². The average molecular weight is 788 g/mol. The van der Waals surface area contributed by atoms with E-state index in [1.165, 1.54) is 193 Å². The van der Waals surface area contributed by atoms with Gasteiger partial charge in [0.2, 0.25) is 0 Å². The van der Waals surface area contributed by atoms with Gasteiger partial charge in [-0.25, -0.2) is 0 Å². The van der Waals surface area contributed by atoms with Crippen LogP contribution in [0.1, 0.15) is 290 Å².